The van der Waals surface area contributed by atoms with Crippen molar-refractivity contribution < 1.29 is 4.79 Å². The molecule has 0 heterocycles. The van der Waals surface area contributed by atoms with Crippen LogP contribution in [0.1, 0.15) is 22.3 Å². The Balaban J connectivity index is 1.98. The average Bonchev–Trinajstić information content (AvgIpc) is 3.01. The van der Waals surface area contributed by atoms with E-state index in [0.29, 0.717) is 23.8 Å². The fourth-order valence-electron chi connectivity index (χ4n) is 3.35. The minimum absolute atomic E-state index is 0.0668. The van der Waals surface area contributed by atoms with Gasteiger partial charge in [0.05, 0.1) is 0 Å². The van der Waals surface area contributed by atoms with Crippen molar-refractivity contribution in [3.8, 4) is 0 Å². The fraction of sp³-hybridized carbons (Fsp3) is 0.176. The van der Waals surface area contributed by atoms with E-state index in [9.17, 15) is 9.59 Å². The van der Waals surface area contributed by atoms with Crippen LogP contribution >= 0.6 is 0 Å². The lowest BCUT2D eigenvalue weighted by atomic mass is 9.93. The molecule has 0 unspecified atom stereocenters. The first-order valence-corrected chi connectivity index (χ1v) is 6.51. The van der Waals surface area contributed by atoms with E-state index in [2.05, 4.69) is 24.3 Å². The topological polar surface area (TPSA) is 34.1 Å². The predicted octanol–water partition coefficient (Wildman–Crippen LogP) is 2.76. The summed E-state index contributed by atoms with van der Waals surface area (Å²) in [6, 6.07) is 6.64. The van der Waals surface area contributed by atoms with Crippen molar-refractivity contribution in [1.29, 1.82) is 0 Å². The van der Waals surface area contributed by atoms with Gasteiger partial charge in [0.2, 0.25) is 0 Å². The zero-order valence-corrected chi connectivity index (χ0v) is 10.3. The van der Waals surface area contributed by atoms with Crippen molar-refractivity contribution in [3.05, 3.63) is 75.5 Å². The molecule has 0 fully saturated rings. The van der Waals surface area contributed by atoms with Gasteiger partial charge in [-0.25, -0.2) is 0 Å². The quantitative estimate of drug-likeness (QED) is 0.661. The number of carbonyl (C=O) groups is 1. The molecule has 2 heteroatoms. The molecule has 0 spiro atoms. The third kappa shape index (κ3) is 1.43. The Morgan fingerprint density at radius 2 is 1.58 bits per heavy atom. The molecule has 0 saturated heterocycles. The fourth-order valence-corrected chi connectivity index (χ4v) is 3.35. The van der Waals surface area contributed by atoms with Crippen molar-refractivity contribution in [3.63, 3.8) is 0 Å². The molecule has 0 radical (unpaired) electrons. The van der Waals surface area contributed by atoms with E-state index in [-0.39, 0.29) is 11.2 Å². The zero-order valence-electron chi connectivity index (χ0n) is 10.3. The number of Topliss-reactive ketones (excluding diaryl/α,β-unsaturated/α-hetero) is 1. The number of allylic oxidation sites excluding steroid dienone is 6. The zero-order chi connectivity index (χ0) is 13.0. The molecular weight excluding hydrogens is 236 g/mol. The van der Waals surface area contributed by atoms with Crippen LogP contribution in [0.25, 0.3) is 5.57 Å². The summed E-state index contributed by atoms with van der Waals surface area (Å²) in [7, 11) is 0. The lowest BCUT2D eigenvalue weighted by Gasteiger charge is -2.10. The Morgan fingerprint density at radius 3 is 2.26 bits per heavy atom. The highest BCUT2D eigenvalue weighted by Crippen LogP contribution is 2.46. The van der Waals surface area contributed by atoms with Crippen LogP contribution in [0.15, 0.2) is 58.9 Å². The highest BCUT2D eigenvalue weighted by molar-refractivity contribution is 6.12. The summed E-state index contributed by atoms with van der Waals surface area (Å²) in [6.45, 7) is 0. The summed E-state index contributed by atoms with van der Waals surface area (Å²) >= 11 is 0. The molecule has 2 nitrogen and oxygen atoms in total. The van der Waals surface area contributed by atoms with Crippen molar-refractivity contribution >= 4 is 11.4 Å². The lowest BCUT2D eigenvalue weighted by Crippen LogP contribution is -1.97. The van der Waals surface area contributed by atoms with Crippen molar-refractivity contribution in [2.24, 2.45) is 11.8 Å². The van der Waals surface area contributed by atoms with Gasteiger partial charge in [0, 0.05) is 23.8 Å². The Morgan fingerprint density at radius 1 is 0.895 bits per heavy atom. The predicted molar refractivity (Wildman–Crippen MR) is 73.8 cm³/mol. The Kier molecular flexibility index (Phi) is 2.05. The molecule has 4 rings (SSSR count). The minimum Gasteiger partial charge on any atom is -0.294 e. The van der Waals surface area contributed by atoms with Gasteiger partial charge in [0.1, 0.15) is 0 Å². The monoisotopic (exact) mass is 248 g/mol. The van der Waals surface area contributed by atoms with Crippen LogP contribution in [-0.4, -0.2) is 5.78 Å². The first-order chi connectivity index (χ1) is 9.24. The van der Waals surface area contributed by atoms with E-state index in [1.54, 1.807) is 6.07 Å². The number of carbonyl (C=O) groups excluding carboxylic acids is 1. The van der Waals surface area contributed by atoms with Crippen LogP contribution in [-0.2, 0) is 0 Å². The van der Waals surface area contributed by atoms with Crippen LogP contribution in [0, 0.1) is 11.8 Å². The van der Waals surface area contributed by atoms with E-state index >= 15 is 0 Å². The number of rotatable bonds is 0. The third-order valence-electron chi connectivity index (χ3n) is 4.18. The second-order valence-electron chi connectivity index (χ2n) is 5.26. The van der Waals surface area contributed by atoms with Crippen molar-refractivity contribution in [2.75, 3.05) is 0 Å². The third-order valence-corrected chi connectivity index (χ3v) is 4.18. The minimum atomic E-state index is -0.105. The molecule has 92 valence electrons. The largest absolute Gasteiger partial charge is 0.294 e. The van der Waals surface area contributed by atoms with Crippen LogP contribution in [0.4, 0.5) is 0 Å². The normalized spacial score (nSPS) is 26.4. The van der Waals surface area contributed by atoms with Gasteiger partial charge < -0.3 is 0 Å². The summed E-state index contributed by atoms with van der Waals surface area (Å²) in [4.78, 5) is 23.7. The maximum absolute atomic E-state index is 12.1. The van der Waals surface area contributed by atoms with Crippen LogP contribution in [0.2, 0.25) is 0 Å². The van der Waals surface area contributed by atoms with Gasteiger partial charge in [0.25, 0.3) is 0 Å². The highest BCUT2D eigenvalue weighted by atomic mass is 16.1. The van der Waals surface area contributed by atoms with Crippen LogP contribution in [0.3, 0.4) is 0 Å². The Hall–Kier alpha value is -2.22. The molecule has 0 N–H and O–H groups in total. The summed E-state index contributed by atoms with van der Waals surface area (Å²) < 4.78 is 0. The van der Waals surface area contributed by atoms with E-state index < -0.39 is 0 Å². The molecular formula is C17H12O2. The van der Waals surface area contributed by atoms with Gasteiger partial charge in [0.15, 0.2) is 11.2 Å². The second kappa shape index (κ2) is 3.64. The second-order valence-corrected chi connectivity index (χ2v) is 5.26. The highest BCUT2D eigenvalue weighted by Gasteiger charge is 2.34. The molecule has 0 aromatic heterocycles. The van der Waals surface area contributed by atoms with Gasteiger partial charge in [-0.2, -0.15) is 0 Å². The molecule has 0 saturated carbocycles. The summed E-state index contributed by atoms with van der Waals surface area (Å²) in [5, 5.41) is 0. The summed E-state index contributed by atoms with van der Waals surface area (Å²) in [5.41, 5.74) is 3.88. The van der Waals surface area contributed by atoms with Crippen LogP contribution < -0.4 is 5.43 Å². The molecule has 3 aliphatic carbocycles. The SMILES string of the molecule is O=C1CC(=C2C3C=CC2C=C3)c2cccc(=O)cc21. The Bertz CT molecular complexity index is 718. The summed E-state index contributed by atoms with van der Waals surface area (Å²) in [6.07, 6.45) is 9.20. The van der Waals surface area contributed by atoms with Gasteiger partial charge in [-0.1, -0.05) is 36.4 Å². The lowest BCUT2D eigenvalue weighted by molar-refractivity contribution is 0.100. The van der Waals surface area contributed by atoms with E-state index in [4.69, 9.17) is 0 Å². The van der Waals surface area contributed by atoms with Gasteiger partial charge in [-0.3, -0.25) is 9.59 Å². The number of fused-ring (bicyclic) bond motifs is 3. The first kappa shape index (κ1) is 10.7. The molecule has 0 aliphatic heterocycles. The van der Waals surface area contributed by atoms with Crippen LogP contribution in [0.5, 0.6) is 0 Å². The van der Waals surface area contributed by atoms with Crippen molar-refractivity contribution in [1.82, 2.24) is 0 Å². The smallest absolute Gasteiger partial charge is 0.179 e. The van der Waals surface area contributed by atoms with E-state index in [1.807, 2.05) is 6.07 Å². The maximum Gasteiger partial charge on any atom is 0.179 e. The molecule has 0 atom stereocenters. The first-order valence-electron chi connectivity index (χ1n) is 6.51. The van der Waals surface area contributed by atoms with Crippen molar-refractivity contribution in [2.45, 2.75) is 6.42 Å². The number of hydrogen-bond acceptors (Lipinski definition) is 2. The molecule has 3 aliphatic rings. The van der Waals surface area contributed by atoms with Gasteiger partial charge in [-0.05, 0) is 28.8 Å². The molecule has 2 bridgehead atoms. The average molecular weight is 248 g/mol. The number of hydrogen-bond donors (Lipinski definition) is 0. The van der Waals surface area contributed by atoms with E-state index in [1.165, 1.54) is 17.7 Å². The van der Waals surface area contributed by atoms with E-state index in [0.717, 1.165) is 11.1 Å². The Labute approximate surface area is 110 Å². The summed E-state index contributed by atoms with van der Waals surface area (Å²) in [5.74, 6) is 0.754. The molecule has 0 amide bonds. The van der Waals surface area contributed by atoms with Gasteiger partial charge in [-0.15, -0.1) is 0 Å². The molecule has 1 aromatic rings. The molecule has 1 aromatic carbocycles. The maximum atomic E-state index is 12.1. The molecule has 19 heavy (non-hydrogen) atoms. The standard InChI is InChI=1S/C17H12O2/c18-12-2-1-3-13-14(8-12)16(19)9-15(13)17-10-4-5-11(17)7-6-10/h1-8,10-11H,9H2. The van der Waals surface area contributed by atoms with Gasteiger partial charge >= 0.3 is 0 Å². The number of ketones is 1.